The summed E-state index contributed by atoms with van der Waals surface area (Å²) in [6.07, 6.45) is 2.02. The third-order valence-corrected chi connectivity index (χ3v) is 2.96. The van der Waals surface area contributed by atoms with Crippen LogP contribution in [0.5, 0.6) is 0 Å². The molecule has 0 saturated heterocycles. The molecule has 0 aromatic carbocycles. The summed E-state index contributed by atoms with van der Waals surface area (Å²) in [5, 5.41) is 17.9. The van der Waals surface area contributed by atoms with Crippen molar-refractivity contribution in [2.75, 3.05) is 27.2 Å². The van der Waals surface area contributed by atoms with Gasteiger partial charge >= 0.3 is 0 Å². The topological polar surface area (TPSA) is 53.3 Å². The highest BCUT2D eigenvalue weighted by atomic mass is 16.3. The molecule has 2 atom stereocenters. The van der Waals surface area contributed by atoms with E-state index in [2.05, 4.69) is 17.3 Å². The van der Waals surface area contributed by atoms with Crippen LogP contribution in [0.25, 0.3) is 0 Å². The molecule has 1 rings (SSSR count). The molecule has 0 amide bonds. The van der Waals surface area contributed by atoms with E-state index < -0.39 is 5.60 Å². The van der Waals surface area contributed by atoms with Gasteiger partial charge in [0.2, 0.25) is 0 Å². The normalized spacial score (nSPS) is 16.9. The fourth-order valence-electron chi connectivity index (χ4n) is 2.26. The van der Waals surface area contributed by atoms with Crippen LogP contribution in [-0.2, 0) is 7.05 Å². The highest BCUT2D eigenvalue weighted by Crippen LogP contribution is 2.16. The number of hydrogen-bond donors (Lipinski definition) is 2. The van der Waals surface area contributed by atoms with Gasteiger partial charge in [0.25, 0.3) is 0 Å². The molecule has 5 heteroatoms. The molecule has 18 heavy (non-hydrogen) atoms. The molecular formula is C13H26N4O. The fraction of sp³-hybridized carbons (Fsp3) is 0.769. The van der Waals surface area contributed by atoms with Crippen LogP contribution in [0.1, 0.15) is 31.1 Å². The Morgan fingerprint density at radius 1 is 1.56 bits per heavy atom. The van der Waals surface area contributed by atoms with Gasteiger partial charge in [-0.3, -0.25) is 4.68 Å². The lowest BCUT2D eigenvalue weighted by Crippen LogP contribution is -2.46. The summed E-state index contributed by atoms with van der Waals surface area (Å²) in [6.45, 7) is 7.14. The van der Waals surface area contributed by atoms with Gasteiger partial charge in [0.05, 0.1) is 11.3 Å². The zero-order chi connectivity index (χ0) is 13.9. The zero-order valence-electron chi connectivity index (χ0n) is 12.4. The first-order valence-electron chi connectivity index (χ1n) is 6.32. The molecular weight excluding hydrogens is 228 g/mol. The zero-order valence-corrected chi connectivity index (χ0v) is 12.4. The van der Waals surface area contributed by atoms with Crippen LogP contribution in [0.2, 0.25) is 0 Å². The van der Waals surface area contributed by atoms with Crippen LogP contribution in [0, 0.1) is 6.92 Å². The third kappa shape index (κ3) is 4.40. The molecule has 0 aliphatic carbocycles. The Hall–Kier alpha value is -0.910. The second-order valence-electron chi connectivity index (χ2n) is 5.68. The summed E-state index contributed by atoms with van der Waals surface area (Å²) in [6, 6.07) is 0.187. The number of nitrogens with zero attached hydrogens (tertiary/aromatic N) is 3. The van der Waals surface area contributed by atoms with E-state index in [1.165, 1.54) is 5.56 Å². The van der Waals surface area contributed by atoms with E-state index in [1.54, 1.807) is 0 Å². The maximum atomic E-state index is 10.2. The van der Waals surface area contributed by atoms with Gasteiger partial charge in [-0.1, -0.05) is 0 Å². The summed E-state index contributed by atoms with van der Waals surface area (Å²) in [5.41, 5.74) is 1.48. The Labute approximate surface area is 110 Å². The van der Waals surface area contributed by atoms with E-state index >= 15 is 0 Å². The van der Waals surface area contributed by atoms with Crippen molar-refractivity contribution in [3.05, 3.63) is 17.5 Å². The van der Waals surface area contributed by atoms with Crippen LogP contribution in [0.4, 0.5) is 0 Å². The molecule has 0 saturated carbocycles. The maximum Gasteiger partial charge on any atom is 0.0869 e. The van der Waals surface area contributed by atoms with Crippen molar-refractivity contribution in [3.8, 4) is 0 Å². The minimum atomic E-state index is -0.728. The SMILES string of the molecule is Cc1nn(C)cc1C(C)NCC(C)(O)CN(C)C. The predicted octanol–water partition coefficient (Wildman–Crippen LogP) is 0.692. The largest absolute Gasteiger partial charge is 0.388 e. The quantitative estimate of drug-likeness (QED) is 0.784. The Kier molecular flexibility index (Phi) is 4.90. The smallest absolute Gasteiger partial charge is 0.0869 e. The van der Waals surface area contributed by atoms with Crippen molar-refractivity contribution >= 4 is 0 Å². The molecule has 1 aromatic heterocycles. The molecule has 1 heterocycles. The first-order chi connectivity index (χ1) is 8.21. The van der Waals surface area contributed by atoms with E-state index in [0.717, 1.165) is 5.69 Å². The molecule has 0 bridgehead atoms. The van der Waals surface area contributed by atoms with Gasteiger partial charge in [0, 0.05) is 37.9 Å². The molecule has 0 spiro atoms. The lowest BCUT2D eigenvalue weighted by molar-refractivity contribution is 0.0317. The second-order valence-corrected chi connectivity index (χ2v) is 5.68. The first kappa shape index (κ1) is 15.1. The lowest BCUT2D eigenvalue weighted by Gasteiger charge is -2.28. The first-order valence-corrected chi connectivity index (χ1v) is 6.32. The van der Waals surface area contributed by atoms with Crippen LogP contribution >= 0.6 is 0 Å². The number of aliphatic hydroxyl groups is 1. The van der Waals surface area contributed by atoms with Gasteiger partial charge in [-0.15, -0.1) is 0 Å². The minimum absolute atomic E-state index is 0.187. The van der Waals surface area contributed by atoms with Crippen LogP contribution < -0.4 is 5.32 Å². The Morgan fingerprint density at radius 2 is 2.17 bits per heavy atom. The van der Waals surface area contributed by atoms with Crippen molar-refractivity contribution < 1.29 is 5.11 Å². The van der Waals surface area contributed by atoms with Crippen molar-refractivity contribution in [1.29, 1.82) is 0 Å². The molecule has 5 nitrogen and oxygen atoms in total. The van der Waals surface area contributed by atoms with Gasteiger partial charge < -0.3 is 15.3 Å². The predicted molar refractivity (Wildman–Crippen MR) is 73.5 cm³/mol. The Morgan fingerprint density at radius 3 is 2.61 bits per heavy atom. The number of likely N-dealkylation sites (N-methyl/N-ethyl adjacent to an activating group) is 1. The number of rotatable bonds is 6. The van der Waals surface area contributed by atoms with Gasteiger partial charge in [-0.25, -0.2) is 0 Å². The molecule has 2 unspecified atom stereocenters. The molecule has 2 N–H and O–H groups in total. The summed E-state index contributed by atoms with van der Waals surface area (Å²) in [5.74, 6) is 0. The van der Waals surface area contributed by atoms with Crippen molar-refractivity contribution in [1.82, 2.24) is 20.0 Å². The summed E-state index contributed by atoms with van der Waals surface area (Å²) in [4.78, 5) is 1.99. The highest BCUT2D eigenvalue weighted by molar-refractivity contribution is 5.19. The average molecular weight is 254 g/mol. The maximum absolute atomic E-state index is 10.2. The summed E-state index contributed by atoms with van der Waals surface area (Å²) in [7, 11) is 5.84. The van der Waals surface area contributed by atoms with Crippen LogP contribution in [0.3, 0.4) is 0 Å². The van der Waals surface area contributed by atoms with Gasteiger partial charge in [0.15, 0.2) is 0 Å². The van der Waals surface area contributed by atoms with E-state index in [9.17, 15) is 5.11 Å². The van der Waals surface area contributed by atoms with E-state index in [-0.39, 0.29) is 6.04 Å². The molecule has 0 fully saturated rings. The average Bonchev–Trinajstić information content (AvgIpc) is 2.52. The molecule has 0 radical (unpaired) electrons. The third-order valence-electron chi connectivity index (χ3n) is 2.96. The van der Waals surface area contributed by atoms with E-state index in [0.29, 0.717) is 13.1 Å². The van der Waals surface area contributed by atoms with E-state index in [1.807, 2.05) is 50.8 Å². The highest BCUT2D eigenvalue weighted by Gasteiger charge is 2.22. The monoisotopic (exact) mass is 254 g/mol. The van der Waals surface area contributed by atoms with Gasteiger partial charge in [-0.2, -0.15) is 5.10 Å². The number of aromatic nitrogens is 2. The standard InChI is InChI=1S/C13H26N4O/c1-10(12-7-17(6)15-11(12)2)14-8-13(3,18)9-16(4)5/h7,10,14,18H,8-9H2,1-6H3. The lowest BCUT2D eigenvalue weighted by atomic mass is 10.0. The molecule has 0 aliphatic heterocycles. The van der Waals surface area contributed by atoms with Gasteiger partial charge in [-0.05, 0) is 34.9 Å². The Balaban J connectivity index is 2.55. The van der Waals surface area contributed by atoms with Crippen molar-refractivity contribution in [3.63, 3.8) is 0 Å². The minimum Gasteiger partial charge on any atom is -0.388 e. The second kappa shape index (κ2) is 5.82. The number of hydrogen-bond acceptors (Lipinski definition) is 4. The molecule has 104 valence electrons. The van der Waals surface area contributed by atoms with Crippen LogP contribution in [0.15, 0.2) is 6.20 Å². The Bertz CT molecular complexity index is 384. The molecule has 1 aromatic rings. The van der Waals surface area contributed by atoms with E-state index in [4.69, 9.17) is 0 Å². The fourth-order valence-corrected chi connectivity index (χ4v) is 2.26. The number of aryl methyl sites for hydroxylation is 2. The molecule has 0 aliphatic rings. The van der Waals surface area contributed by atoms with Crippen molar-refractivity contribution in [2.45, 2.75) is 32.4 Å². The number of nitrogens with one attached hydrogen (secondary N) is 1. The van der Waals surface area contributed by atoms with Crippen molar-refractivity contribution in [2.24, 2.45) is 7.05 Å². The van der Waals surface area contributed by atoms with Gasteiger partial charge in [0.1, 0.15) is 0 Å². The summed E-state index contributed by atoms with van der Waals surface area (Å²) >= 11 is 0. The van der Waals surface area contributed by atoms with Crippen LogP contribution in [-0.4, -0.2) is 52.6 Å². The summed E-state index contributed by atoms with van der Waals surface area (Å²) < 4.78 is 1.82.